The third-order valence-electron chi connectivity index (χ3n) is 6.09. The summed E-state index contributed by atoms with van der Waals surface area (Å²) in [6, 6.07) is 7.76. The highest BCUT2D eigenvalue weighted by atomic mass is 16.5. The Morgan fingerprint density at radius 2 is 1.79 bits per heavy atom. The van der Waals surface area contributed by atoms with Crippen LogP contribution in [0.25, 0.3) is 11.2 Å². The summed E-state index contributed by atoms with van der Waals surface area (Å²) in [6.07, 6.45) is 4.95. The number of carbonyl (C=O) groups excluding carboxylic acids is 1. The Hall–Kier alpha value is -3.32. The van der Waals surface area contributed by atoms with Crippen molar-refractivity contribution in [3.8, 4) is 0 Å². The molecule has 2 amide bonds. The number of imidazole rings is 1. The molecule has 1 saturated heterocycles. The van der Waals surface area contributed by atoms with Crippen molar-refractivity contribution >= 4 is 28.7 Å². The number of hydrogen-bond donors (Lipinski definition) is 5. The van der Waals surface area contributed by atoms with Crippen LogP contribution in [0.5, 0.6) is 0 Å². The molecule has 1 fully saturated rings. The Bertz CT molecular complexity index is 1210. The van der Waals surface area contributed by atoms with Gasteiger partial charge in [-0.15, -0.1) is 0 Å². The van der Waals surface area contributed by atoms with E-state index in [1.165, 1.54) is 25.7 Å². The number of hydrogen-bond acceptors (Lipinski definition) is 9. The Morgan fingerprint density at radius 3 is 2.44 bits per heavy atom. The summed E-state index contributed by atoms with van der Waals surface area (Å²) in [5, 5.41) is 22.0. The molecular formula is C27H42N8O4. The third kappa shape index (κ3) is 9.43. The average Bonchev–Trinajstić information content (AvgIpc) is 3.45. The highest BCUT2D eigenvalue weighted by Gasteiger charge is 2.29. The second kappa shape index (κ2) is 12.7. The van der Waals surface area contributed by atoms with Crippen LogP contribution in [-0.2, 0) is 10.2 Å². The van der Waals surface area contributed by atoms with E-state index in [-0.39, 0.29) is 23.8 Å². The van der Waals surface area contributed by atoms with Crippen molar-refractivity contribution in [2.24, 2.45) is 0 Å². The minimum atomic E-state index is -1.50. The van der Waals surface area contributed by atoms with Crippen LogP contribution in [0.15, 0.2) is 36.9 Å². The van der Waals surface area contributed by atoms with Crippen LogP contribution >= 0.6 is 0 Å². The van der Waals surface area contributed by atoms with Crippen LogP contribution in [0, 0.1) is 0 Å². The number of aromatic nitrogens is 4. The Morgan fingerprint density at radius 1 is 1.13 bits per heavy atom. The molecular weight excluding hydrogens is 500 g/mol. The van der Waals surface area contributed by atoms with Crippen LogP contribution < -0.4 is 16.4 Å². The standard InChI is InChI=1S/C24H34N8O2.C3H8O2/c1-24(2,3)16-5-7-17(8-6-16)30-23(33)26-11-12-31(4)13-18-9-10-19(34-18)32-15-29-20-21(25)27-14-28-22(20)32;1-3(2,4)5/h5-8,14-15,18-19H,9-13H2,1-4H3,(H2,25,27,28)(H2,26,30,33);4-5H,1-2H3. The third-order valence-corrected chi connectivity index (χ3v) is 6.09. The number of nitrogens with zero attached hydrogens (tertiary/aromatic N) is 5. The Balaban J connectivity index is 0.000000771. The molecule has 2 atom stereocenters. The van der Waals surface area contributed by atoms with E-state index in [0.717, 1.165) is 31.6 Å². The highest BCUT2D eigenvalue weighted by molar-refractivity contribution is 5.89. The summed E-state index contributed by atoms with van der Waals surface area (Å²) in [6.45, 7) is 11.1. The number of fused-ring (bicyclic) bond motifs is 1. The molecule has 6 N–H and O–H groups in total. The zero-order chi connectivity index (χ0) is 28.8. The van der Waals surface area contributed by atoms with Gasteiger partial charge in [0.2, 0.25) is 0 Å². The van der Waals surface area contributed by atoms with Crippen molar-refractivity contribution in [2.75, 3.05) is 37.7 Å². The number of carbonyl (C=O) groups is 1. The number of anilines is 2. The molecule has 0 bridgehead atoms. The van der Waals surface area contributed by atoms with Crippen molar-refractivity contribution in [3.05, 3.63) is 42.5 Å². The Kier molecular flexibility index (Phi) is 9.83. The van der Waals surface area contributed by atoms with Gasteiger partial charge in [0.15, 0.2) is 17.3 Å². The number of aliphatic hydroxyl groups is 2. The monoisotopic (exact) mass is 542 g/mol. The number of benzene rings is 1. The number of rotatable bonds is 7. The van der Waals surface area contributed by atoms with Crippen molar-refractivity contribution in [3.63, 3.8) is 0 Å². The van der Waals surface area contributed by atoms with Gasteiger partial charge in [-0.1, -0.05) is 32.9 Å². The number of urea groups is 1. The first-order valence-electron chi connectivity index (χ1n) is 13.1. The van der Waals surface area contributed by atoms with E-state index in [1.807, 2.05) is 35.9 Å². The maximum atomic E-state index is 12.2. The fraction of sp³-hybridized carbons (Fsp3) is 0.556. The van der Waals surface area contributed by atoms with Crippen LogP contribution in [0.4, 0.5) is 16.3 Å². The van der Waals surface area contributed by atoms with E-state index in [1.54, 1.807) is 6.33 Å². The normalized spacial score (nSPS) is 17.7. The minimum absolute atomic E-state index is 0.0867. The zero-order valence-electron chi connectivity index (χ0n) is 23.7. The molecule has 1 aliphatic heterocycles. The van der Waals surface area contributed by atoms with Gasteiger partial charge >= 0.3 is 6.03 Å². The van der Waals surface area contributed by atoms with Crippen LogP contribution in [-0.4, -0.2) is 79.2 Å². The number of ether oxygens (including phenoxy) is 1. The molecule has 0 aliphatic carbocycles. The number of nitrogens with two attached hydrogens (primary N) is 1. The molecule has 12 nitrogen and oxygen atoms in total. The molecule has 12 heteroatoms. The lowest BCUT2D eigenvalue weighted by molar-refractivity contribution is -0.127. The number of likely N-dealkylation sites (N-methyl/N-ethyl adjacent to an activating group) is 1. The molecule has 3 aromatic rings. The van der Waals surface area contributed by atoms with Gasteiger partial charge in [0.05, 0.1) is 12.4 Å². The van der Waals surface area contributed by atoms with Crippen molar-refractivity contribution in [1.82, 2.24) is 29.7 Å². The van der Waals surface area contributed by atoms with Gasteiger partial charge in [0, 0.05) is 25.3 Å². The summed E-state index contributed by atoms with van der Waals surface area (Å²) in [7, 11) is 2.03. The molecule has 0 radical (unpaired) electrons. The van der Waals surface area contributed by atoms with E-state index in [0.29, 0.717) is 23.5 Å². The maximum Gasteiger partial charge on any atom is 0.319 e. The van der Waals surface area contributed by atoms with Gasteiger partial charge in [-0.05, 0) is 56.8 Å². The van der Waals surface area contributed by atoms with Crippen LogP contribution in [0.3, 0.4) is 0 Å². The van der Waals surface area contributed by atoms with Crippen molar-refractivity contribution in [1.29, 1.82) is 0 Å². The molecule has 2 aromatic heterocycles. The van der Waals surface area contributed by atoms with Gasteiger partial charge in [-0.3, -0.25) is 4.57 Å². The molecule has 3 heterocycles. The zero-order valence-corrected chi connectivity index (χ0v) is 23.7. The average molecular weight is 543 g/mol. The fourth-order valence-corrected chi connectivity index (χ4v) is 4.13. The SMILES string of the molecule is CC(C)(O)O.CN(CCNC(=O)Nc1ccc(C(C)(C)C)cc1)CC1CCC(n2cnc3c(N)ncnc32)O1. The van der Waals surface area contributed by atoms with E-state index in [9.17, 15) is 4.79 Å². The predicted molar refractivity (Wildman–Crippen MR) is 151 cm³/mol. The van der Waals surface area contributed by atoms with Crippen molar-refractivity contribution in [2.45, 2.75) is 71.0 Å². The summed E-state index contributed by atoms with van der Waals surface area (Å²) in [5.74, 6) is -1.13. The molecule has 0 saturated carbocycles. The number of nitrogens with one attached hydrogen (secondary N) is 2. The maximum absolute atomic E-state index is 12.2. The number of amides is 2. The molecule has 214 valence electrons. The van der Waals surface area contributed by atoms with Crippen molar-refractivity contribution < 1.29 is 19.7 Å². The van der Waals surface area contributed by atoms with Gasteiger partial charge in [-0.25, -0.2) is 19.7 Å². The minimum Gasteiger partial charge on any atom is -0.382 e. The van der Waals surface area contributed by atoms with Gasteiger partial charge in [0.1, 0.15) is 18.1 Å². The summed E-state index contributed by atoms with van der Waals surface area (Å²) >= 11 is 0. The topological polar surface area (TPSA) is 164 Å². The molecule has 1 aromatic carbocycles. The van der Waals surface area contributed by atoms with E-state index in [4.69, 9.17) is 20.7 Å². The van der Waals surface area contributed by atoms with Crippen LogP contribution in [0.2, 0.25) is 0 Å². The second-order valence-corrected chi connectivity index (χ2v) is 11.3. The number of nitrogen functional groups attached to an aromatic ring is 1. The van der Waals surface area contributed by atoms with E-state index in [2.05, 4.69) is 51.3 Å². The van der Waals surface area contributed by atoms with E-state index < -0.39 is 5.79 Å². The lowest BCUT2D eigenvalue weighted by Crippen LogP contribution is -2.38. The first-order valence-corrected chi connectivity index (χ1v) is 13.1. The van der Waals surface area contributed by atoms with Gasteiger partial charge in [0.25, 0.3) is 0 Å². The molecule has 39 heavy (non-hydrogen) atoms. The van der Waals surface area contributed by atoms with Crippen LogP contribution in [0.1, 0.15) is 59.3 Å². The lowest BCUT2D eigenvalue weighted by atomic mass is 9.87. The molecule has 0 spiro atoms. The molecule has 1 aliphatic rings. The molecule has 4 rings (SSSR count). The quantitative estimate of drug-likeness (QED) is 0.282. The second-order valence-electron chi connectivity index (χ2n) is 11.3. The first-order chi connectivity index (χ1) is 18.2. The largest absolute Gasteiger partial charge is 0.382 e. The first kappa shape index (κ1) is 30.2. The van der Waals surface area contributed by atoms with Gasteiger partial charge in [-0.2, -0.15) is 0 Å². The summed E-state index contributed by atoms with van der Waals surface area (Å²) < 4.78 is 8.17. The lowest BCUT2D eigenvalue weighted by Gasteiger charge is -2.22. The summed E-state index contributed by atoms with van der Waals surface area (Å²) in [4.78, 5) is 27.0. The summed E-state index contributed by atoms with van der Waals surface area (Å²) in [5.41, 5.74) is 9.27. The Labute approximate surface area is 229 Å². The van der Waals surface area contributed by atoms with E-state index >= 15 is 0 Å². The smallest absolute Gasteiger partial charge is 0.319 e. The fourth-order valence-electron chi connectivity index (χ4n) is 4.13. The predicted octanol–water partition coefficient (Wildman–Crippen LogP) is 2.84. The molecule has 2 unspecified atom stereocenters. The highest BCUT2D eigenvalue weighted by Crippen LogP contribution is 2.31. The van der Waals surface area contributed by atoms with Gasteiger partial charge < -0.3 is 36.2 Å².